The summed E-state index contributed by atoms with van der Waals surface area (Å²) >= 11 is 0. The quantitative estimate of drug-likeness (QED) is 0.440. The Morgan fingerprint density at radius 2 is 1.85 bits per heavy atom. The van der Waals surface area contributed by atoms with E-state index in [9.17, 15) is 14.7 Å². The molecule has 0 aromatic carbocycles. The van der Waals surface area contributed by atoms with Crippen molar-refractivity contribution in [2.24, 2.45) is 40.4 Å². The zero-order chi connectivity index (χ0) is 28.9. The number of carbonyl (C=O) groups is 2. The molecule has 6 rings (SSSR count). The highest BCUT2D eigenvalue weighted by molar-refractivity contribution is 5.94. The van der Waals surface area contributed by atoms with Crippen molar-refractivity contribution in [1.29, 1.82) is 0 Å². The van der Waals surface area contributed by atoms with Crippen LogP contribution in [0.4, 0.5) is 0 Å². The minimum atomic E-state index is -0.138. The van der Waals surface area contributed by atoms with Crippen LogP contribution in [-0.2, 0) is 4.79 Å². The molecule has 41 heavy (non-hydrogen) atoms. The fourth-order valence-electron chi connectivity index (χ4n) is 10.5. The summed E-state index contributed by atoms with van der Waals surface area (Å²) in [7, 11) is 0. The Hall–Kier alpha value is -2.21. The van der Waals surface area contributed by atoms with E-state index in [1.165, 1.54) is 32.1 Å². The summed E-state index contributed by atoms with van der Waals surface area (Å²) in [5, 5.41) is 10.3. The summed E-state index contributed by atoms with van der Waals surface area (Å²) in [4.78, 5) is 34.2. The van der Waals surface area contributed by atoms with Crippen molar-refractivity contribution >= 4 is 11.8 Å². The fraction of sp³-hybridized carbons (Fsp3) is 0.743. The van der Waals surface area contributed by atoms with Gasteiger partial charge in [-0.25, -0.2) is 0 Å². The van der Waals surface area contributed by atoms with Gasteiger partial charge in [0.1, 0.15) is 0 Å². The largest absolute Gasteiger partial charge is 0.393 e. The van der Waals surface area contributed by atoms with Gasteiger partial charge in [-0.05, 0) is 117 Å². The highest BCUT2D eigenvalue weighted by Gasteiger charge is 2.59. The van der Waals surface area contributed by atoms with E-state index in [2.05, 4.69) is 38.8 Å². The van der Waals surface area contributed by atoms with Crippen LogP contribution in [0, 0.1) is 40.4 Å². The van der Waals surface area contributed by atoms with Crippen LogP contribution in [0.15, 0.2) is 36.2 Å². The maximum Gasteiger partial charge on any atom is 0.254 e. The number of allylic oxidation sites excluding steroid dienone is 1. The normalized spacial score (nSPS) is 39.3. The van der Waals surface area contributed by atoms with Crippen molar-refractivity contribution in [3.05, 3.63) is 41.7 Å². The summed E-state index contributed by atoms with van der Waals surface area (Å²) in [5.74, 6) is 3.87. The van der Waals surface area contributed by atoms with Gasteiger partial charge in [0, 0.05) is 50.1 Å². The van der Waals surface area contributed by atoms with Gasteiger partial charge in [-0.1, -0.05) is 32.4 Å². The lowest BCUT2D eigenvalue weighted by molar-refractivity contribution is -0.134. The number of carbonyl (C=O) groups excluding carboxylic acids is 2. The van der Waals surface area contributed by atoms with Gasteiger partial charge in [0.2, 0.25) is 5.91 Å². The number of nitrogens with zero attached hydrogens (tertiary/aromatic N) is 3. The number of piperazine rings is 1. The van der Waals surface area contributed by atoms with E-state index in [0.29, 0.717) is 54.3 Å². The SMILES string of the molecule is CC(CCC(=O)N1CCN(C(=O)c2ccncc2)[C@@H](C)C1)[C@H]1CC[C@H]2[C@@H]3CC=C4C[C@@H](O)CC[C@]4(C)[C@H]3CC[C@]12C. The van der Waals surface area contributed by atoms with Crippen molar-refractivity contribution in [1.82, 2.24) is 14.8 Å². The molecule has 3 saturated carbocycles. The first-order valence-electron chi connectivity index (χ1n) is 16.5. The molecule has 6 nitrogen and oxygen atoms in total. The van der Waals surface area contributed by atoms with Gasteiger partial charge in [0.15, 0.2) is 0 Å². The summed E-state index contributed by atoms with van der Waals surface area (Å²) in [6.45, 7) is 11.4. The zero-order valence-electron chi connectivity index (χ0n) is 25.7. The van der Waals surface area contributed by atoms with Crippen LogP contribution in [-0.4, -0.2) is 63.5 Å². The first-order chi connectivity index (χ1) is 19.6. The van der Waals surface area contributed by atoms with Crippen LogP contribution in [0.3, 0.4) is 0 Å². The molecule has 6 heteroatoms. The fourth-order valence-corrected chi connectivity index (χ4v) is 10.5. The van der Waals surface area contributed by atoms with Crippen LogP contribution in [0.25, 0.3) is 0 Å². The van der Waals surface area contributed by atoms with Gasteiger partial charge in [0.25, 0.3) is 5.91 Å². The van der Waals surface area contributed by atoms with E-state index in [-0.39, 0.29) is 24.0 Å². The molecule has 5 aliphatic rings. The van der Waals surface area contributed by atoms with E-state index in [0.717, 1.165) is 43.4 Å². The lowest BCUT2D eigenvalue weighted by Crippen LogP contribution is -2.55. The second kappa shape index (κ2) is 11.1. The molecule has 1 unspecified atom stereocenters. The van der Waals surface area contributed by atoms with Crippen molar-refractivity contribution in [2.45, 2.75) is 104 Å². The summed E-state index contributed by atoms with van der Waals surface area (Å²) < 4.78 is 0. The Balaban J connectivity index is 1.04. The minimum Gasteiger partial charge on any atom is -0.393 e. The van der Waals surface area contributed by atoms with Crippen LogP contribution in [0.1, 0.15) is 102 Å². The minimum absolute atomic E-state index is 0.00909. The van der Waals surface area contributed by atoms with E-state index in [4.69, 9.17) is 0 Å². The van der Waals surface area contributed by atoms with Crippen molar-refractivity contribution in [2.75, 3.05) is 19.6 Å². The van der Waals surface area contributed by atoms with E-state index < -0.39 is 0 Å². The van der Waals surface area contributed by atoms with Gasteiger partial charge in [0.05, 0.1) is 6.10 Å². The van der Waals surface area contributed by atoms with Crippen molar-refractivity contribution < 1.29 is 14.7 Å². The third-order valence-corrected chi connectivity index (χ3v) is 12.8. The van der Waals surface area contributed by atoms with Gasteiger partial charge in [-0.2, -0.15) is 0 Å². The lowest BCUT2D eigenvalue weighted by Gasteiger charge is -2.58. The number of hydrogen-bond acceptors (Lipinski definition) is 4. The van der Waals surface area contributed by atoms with E-state index in [1.54, 1.807) is 30.1 Å². The van der Waals surface area contributed by atoms with Crippen LogP contribution in [0.2, 0.25) is 0 Å². The average molecular weight is 562 g/mol. The molecule has 1 aliphatic heterocycles. The molecule has 0 spiro atoms. The number of fused-ring (bicyclic) bond motifs is 5. The molecule has 1 N–H and O–H groups in total. The highest BCUT2D eigenvalue weighted by Crippen LogP contribution is 2.67. The molecule has 4 fully saturated rings. The van der Waals surface area contributed by atoms with Gasteiger partial charge < -0.3 is 14.9 Å². The summed E-state index contributed by atoms with van der Waals surface area (Å²) in [5.41, 5.74) is 2.89. The van der Waals surface area contributed by atoms with Crippen LogP contribution >= 0.6 is 0 Å². The van der Waals surface area contributed by atoms with E-state index >= 15 is 0 Å². The number of amides is 2. The molecule has 1 aromatic rings. The predicted molar refractivity (Wildman–Crippen MR) is 161 cm³/mol. The van der Waals surface area contributed by atoms with Gasteiger partial charge >= 0.3 is 0 Å². The molecular formula is C35H51N3O3. The maximum atomic E-state index is 13.3. The van der Waals surface area contributed by atoms with Crippen molar-refractivity contribution in [3.63, 3.8) is 0 Å². The highest BCUT2D eigenvalue weighted by atomic mass is 16.3. The molecule has 224 valence electrons. The number of pyridine rings is 1. The molecule has 4 aliphatic carbocycles. The number of rotatable bonds is 5. The standard InChI is InChI=1S/C35H51N3O3/c1-23(5-10-32(40)37-19-20-38(24(2)22-37)33(41)25-13-17-36-18-14-25)29-8-9-30-28-7-6-26-21-27(39)11-15-34(26,3)31(28)12-16-35(29,30)4/h6,13-14,17-18,23-24,27-31,39H,5,7-12,15-16,19-22H2,1-4H3/t23?,24-,27-,28-,29+,30-,31-,34-,35+/m0/s1. The molecular weight excluding hydrogens is 510 g/mol. The topological polar surface area (TPSA) is 73.7 Å². The first-order valence-corrected chi connectivity index (χ1v) is 16.5. The Kier molecular flexibility index (Phi) is 7.84. The van der Waals surface area contributed by atoms with Gasteiger partial charge in [-0.3, -0.25) is 14.6 Å². The number of aromatic nitrogens is 1. The third kappa shape index (κ3) is 5.06. The maximum absolute atomic E-state index is 13.3. The Morgan fingerprint density at radius 3 is 2.61 bits per heavy atom. The smallest absolute Gasteiger partial charge is 0.254 e. The predicted octanol–water partition coefficient (Wildman–Crippen LogP) is 6.11. The Morgan fingerprint density at radius 1 is 1.07 bits per heavy atom. The molecule has 9 atom stereocenters. The van der Waals surface area contributed by atoms with Gasteiger partial charge in [-0.15, -0.1) is 0 Å². The molecule has 0 radical (unpaired) electrons. The lowest BCUT2D eigenvalue weighted by atomic mass is 9.47. The molecule has 2 heterocycles. The number of aliphatic hydroxyl groups is 1. The number of hydrogen-bond donors (Lipinski definition) is 1. The molecule has 1 aromatic heterocycles. The monoisotopic (exact) mass is 561 g/mol. The number of aliphatic hydroxyl groups excluding tert-OH is 1. The molecule has 0 bridgehead atoms. The summed E-state index contributed by atoms with van der Waals surface area (Å²) in [6, 6.07) is 3.53. The molecule has 1 saturated heterocycles. The van der Waals surface area contributed by atoms with Crippen LogP contribution < -0.4 is 0 Å². The second-order valence-corrected chi connectivity index (χ2v) is 14.8. The average Bonchev–Trinajstić information content (AvgIpc) is 3.33. The summed E-state index contributed by atoms with van der Waals surface area (Å²) in [6.07, 6.45) is 16.8. The zero-order valence-corrected chi connectivity index (χ0v) is 25.7. The van der Waals surface area contributed by atoms with Crippen molar-refractivity contribution in [3.8, 4) is 0 Å². The second-order valence-electron chi connectivity index (χ2n) is 14.8. The molecule has 2 amide bonds. The first kappa shape index (κ1) is 28.9. The van der Waals surface area contributed by atoms with Crippen LogP contribution in [0.5, 0.6) is 0 Å². The Labute approximate surface area is 247 Å². The third-order valence-electron chi connectivity index (χ3n) is 12.8. The van der Waals surface area contributed by atoms with E-state index in [1.807, 2.05) is 9.80 Å². The Bertz CT molecular complexity index is 1170.